The van der Waals surface area contributed by atoms with Crippen LogP contribution in [-0.4, -0.2) is 34.0 Å². The number of carboxylic acid groups (broad SMARTS) is 1. The average molecular weight is 413 g/mol. The zero-order chi connectivity index (χ0) is 21.2. The number of hydrogen-bond acceptors (Lipinski definition) is 5. The second-order valence-corrected chi connectivity index (χ2v) is 7.21. The number of carbonyl (C=O) groups is 1. The maximum absolute atomic E-state index is 12.8. The molecule has 0 spiro atoms. The number of halogens is 3. The fraction of sp³-hybridized carbons (Fsp3) is 0.450. The van der Waals surface area contributed by atoms with Crippen molar-refractivity contribution in [1.29, 1.82) is 0 Å². The van der Waals surface area contributed by atoms with Crippen LogP contribution in [0.3, 0.4) is 0 Å². The molecule has 3 unspecified atom stereocenters. The number of benzene rings is 1. The standard InChI is InChI=1S/C20H22F3NO5/c21-20(22,23)12-3-1-2-11(8-12)17(25)5-4-13-14-9-16(15(14)10-18(13)26)24-29-7-6-19(27)28/h1-5,8,13-14,17-18,24-26H,6-7,9-10H2,(H,27,28)/t13?,14-,17?,18?/m0/s1. The monoisotopic (exact) mass is 413 g/mol. The summed E-state index contributed by atoms with van der Waals surface area (Å²) in [6.07, 6.45) is -2.41. The molecule has 2 aliphatic carbocycles. The van der Waals surface area contributed by atoms with Crippen LogP contribution in [0.1, 0.15) is 36.5 Å². The molecule has 1 fully saturated rings. The van der Waals surface area contributed by atoms with Crippen molar-refractivity contribution < 1.29 is 38.1 Å². The van der Waals surface area contributed by atoms with Gasteiger partial charge in [-0.3, -0.25) is 15.1 Å². The molecular formula is C20H22F3NO5. The molecule has 4 atom stereocenters. The highest BCUT2D eigenvalue weighted by atomic mass is 19.4. The van der Waals surface area contributed by atoms with E-state index < -0.39 is 29.9 Å². The Labute approximate surface area is 165 Å². The highest BCUT2D eigenvalue weighted by Gasteiger charge is 2.45. The van der Waals surface area contributed by atoms with Crippen LogP contribution in [0.2, 0.25) is 0 Å². The van der Waals surface area contributed by atoms with Crippen molar-refractivity contribution in [2.24, 2.45) is 11.8 Å². The summed E-state index contributed by atoms with van der Waals surface area (Å²) >= 11 is 0. The molecular weight excluding hydrogens is 391 g/mol. The zero-order valence-corrected chi connectivity index (χ0v) is 15.4. The van der Waals surface area contributed by atoms with Crippen LogP contribution in [0.25, 0.3) is 0 Å². The highest BCUT2D eigenvalue weighted by molar-refractivity contribution is 5.66. The number of hydroxylamine groups is 1. The summed E-state index contributed by atoms with van der Waals surface area (Å²) in [5.74, 6) is -1.16. The van der Waals surface area contributed by atoms with Gasteiger partial charge in [-0.15, -0.1) is 0 Å². The molecule has 9 heteroatoms. The van der Waals surface area contributed by atoms with Crippen molar-refractivity contribution in [1.82, 2.24) is 5.48 Å². The van der Waals surface area contributed by atoms with Gasteiger partial charge in [-0.2, -0.15) is 13.2 Å². The van der Waals surface area contributed by atoms with Crippen molar-refractivity contribution in [3.8, 4) is 0 Å². The Morgan fingerprint density at radius 2 is 2.10 bits per heavy atom. The van der Waals surface area contributed by atoms with E-state index in [1.165, 1.54) is 18.2 Å². The molecule has 0 heterocycles. The Kier molecular flexibility index (Phi) is 6.30. The molecule has 1 aromatic rings. The van der Waals surface area contributed by atoms with Crippen molar-refractivity contribution in [3.63, 3.8) is 0 Å². The van der Waals surface area contributed by atoms with E-state index in [9.17, 15) is 28.2 Å². The number of carboxylic acids is 1. The maximum Gasteiger partial charge on any atom is 0.416 e. The first-order valence-corrected chi connectivity index (χ1v) is 9.20. The van der Waals surface area contributed by atoms with Gasteiger partial charge in [0.2, 0.25) is 0 Å². The summed E-state index contributed by atoms with van der Waals surface area (Å²) in [6.45, 7) is 0.0197. The number of nitrogens with one attached hydrogen (secondary N) is 1. The third kappa shape index (κ3) is 4.98. The minimum Gasteiger partial charge on any atom is -0.481 e. The lowest BCUT2D eigenvalue weighted by Crippen LogP contribution is -2.29. The van der Waals surface area contributed by atoms with Gasteiger partial charge in [0.25, 0.3) is 0 Å². The third-order valence-corrected chi connectivity index (χ3v) is 5.28. The van der Waals surface area contributed by atoms with Gasteiger partial charge in [-0.25, -0.2) is 0 Å². The van der Waals surface area contributed by atoms with E-state index >= 15 is 0 Å². The summed E-state index contributed by atoms with van der Waals surface area (Å²) in [6, 6.07) is 4.51. The van der Waals surface area contributed by atoms with Crippen LogP contribution in [0.4, 0.5) is 13.2 Å². The van der Waals surface area contributed by atoms with Gasteiger partial charge in [0.05, 0.1) is 30.8 Å². The molecule has 1 aromatic carbocycles. The second-order valence-electron chi connectivity index (χ2n) is 7.21. The minimum atomic E-state index is -4.48. The highest BCUT2D eigenvalue weighted by Crippen LogP contribution is 2.49. The summed E-state index contributed by atoms with van der Waals surface area (Å²) in [5.41, 5.74) is 3.82. The van der Waals surface area contributed by atoms with Gasteiger partial charge in [0.15, 0.2) is 0 Å². The largest absolute Gasteiger partial charge is 0.481 e. The number of aliphatic hydroxyl groups is 2. The van der Waals surface area contributed by atoms with Gasteiger partial charge in [0.1, 0.15) is 0 Å². The van der Waals surface area contributed by atoms with E-state index in [2.05, 4.69) is 5.48 Å². The van der Waals surface area contributed by atoms with Crippen LogP contribution < -0.4 is 5.48 Å². The molecule has 0 aliphatic heterocycles. The Bertz CT molecular complexity index is 821. The SMILES string of the molecule is O=C(O)CCONC1=C2CC(O)C(C=CC(O)c3cccc(C(F)(F)F)c3)[C@@H]2C1. The number of hydrogen-bond donors (Lipinski definition) is 4. The summed E-state index contributed by atoms with van der Waals surface area (Å²) in [5, 5.41) is 29.1. The number of rotatable bonds is 8. The lowest BCUT2D eigenvalue weighted by atomic mass is 9.79. The Hall–Kier alpha value is -2.36. The maximum atomic E-state index is 12.8. The van der Waals surface area contributed by atoms with E-state index in [0.29, 0.717) is 12.8 Å². The second kappa shape index (κ2) is 8.56. The number of aliphatic carboxylic acids is 1. The molecule has 6 nitrogen and oxygen atoms in total. The molecule has 3 rings (SSSR count). The van der Waals surface area contributed by atoms with Crippen LogP contribution in [0, 0.1) is 11.8 Å². The number of allylic oxidation sites excluding steroid dienone is 1. The first-order valence-electron chi connectivity index (χ1n) is 9.20. The summed E-state index contributed by atoms with van der Waals surface area (Å²) < 4.78 is 38.5. The summed E-state index contributed by atoms with van der Waals surface area (Å²) in [4.78, 5) is 15.6. The normalized spacial score (nSPS) is 25.1. The van der Waals surface area contributed by atoms with Crippen LogP contribution in [-0.2, 0) is 15.8 Å². The molecule has 158 valence electrons. The van der Waals surface area contributed by atoms with E-state index in [-0.39, 0.29) is 30.4 Å². The van der Waals surface area contributed by atoms with Crippen molar-refractivity contribution in [2.75, 3.05) is 6.61 Å². The van der Waals surface area contributed by atoms with Crippen molar-refractivity contribution in [2.45, 2.75) is 37.6 Å². The number of fused-ring (bicyclic) bond motifs is 1. The molecule has 0 aromatic heterocycles. The Balaban J connectivity index is 1.60. The Morgan fingerprint density at radius 1 is 1.34 bits per heavy atom. The minimum absolute atomic E-state index is 0.0197. The zero-order valence-electron chi connectivity index (χ0n) is 15.4. The molecule has 29 heavy (non-hydrogen) atoms. The van der Waals surface area contributed by atoms with Gasteiger partial charge >= 0.3 is 12.1 Å². The predicted octanol–water partition coefficient (Wildman–Crippen LogP) is 2.95. The third-order valence-electron chi connectivity index (χ3n) is 5.28. The predicted molar refractivity (Wildman–Crippen MR) is 96.1 cm³/mol. The fourth-order valence-electron chi connectivity index (χ4n) is 3.73. The lowest BCUT2D eigenvalue weighted by Gasteiger charge is -2.31. The smallest absolute Gasteiger partial charge is 0.416 e. The van der Waals surface area contributed by atoms with Gasteiger partial charge in [-0.1, -0.05) is 24.3 Å². The molecule has 0 bridgehead atoms. The van der Waals surface area contributed by atoms with Crippen molar-refractivity contribution >= 4 is 5.97 Å². The number of aliphatic hydroxyl groups excluding tert-OH is 2. The van der Waals surface area contributed by atoms with Crippen LogP contribution >= 0.6 is 0 Å². The van der Waals surface area contributed by atoms with Crippen LogP contribution in [0.5, 0.6) is 0 Å². The molecule has 2 aliphatic rings. The summed E-state index contributed by atoms with van der Waals surface area (Å²) in [7, 11) is 0. The molecule has 4 N–H and O–H groups in total. The van der Waals surface area contributed by atoms with Crippen LogP contribution in [0.15, 0.2) is 47.7 Å². The van der Waals surface area contributed by atoms with E-state index in [1.807, 2.05) is 0 Å². The van der Waals surface area contributed by atoms with Gasteiger partial charge < -0.3 is 15.3 Å². The van der Waals surface area contributed by atoms with Gasteiger partial charge in [-0.05, 0) is 42.0 Å². The molecule has 0 amide bonds. The molecule has 0 radical (unpaired) electrons. The fourth-order valence-corrected chi connectivity index (χ4v) is 3.73. The van der Waals surface area contributed by atoms with E-state index in [1.54, 1.807) is 6.08 Å². The topological polar surface area (TPSA) is 99.0 Å². The number of alkyl halides is 3. The molecule has 1 saturated carbocycles. The molecule has 0 saturated heterocycles. The van der Waals surface area contributed by atoms with E-state index in [0.717, 1.165) is 23.4 Å². The van der Waals surface area contributed by atoms with E-state index in [4.69, 9.17) is 9.94 Å². The first kappa shape index (κ1) is 21.4. The quantitative estimate of drug-likeness (QED) is 0.297. The van der Waals surface area contributed by atoms with Crippen molar-refractivity contribution in [3.05, 3.63) is 58.8 Å². The first-order chi connectivity index (χ1) is 13.7. The van der Waals surface area contributed by atoms with Gasteiger partial charge in [0, 0.05) is 11.6 Å². The Morgan fingerprint density at radius 3 is 2.79 bits per heavy atom. The lowest BCUT2D eigenvalue weighted by molar-refractivity contribution is -0.139. The average Bonchev–Trinajstić information content (AvgIpc) is 2.89.